The maximum atomic E-state index is 12.6. The summed E-state index contributed by atoms with van der Waals surface area (Å²) in [4.78, 5) is 24.9. The first-order chi connectivity index (χ1) is 15.4. The Hall–Kier alpha value is -3.49. The highest BCUT2D eigenvalue weighted by atomic mass is 79.9. The van der Waals surface area contributed by atoms with E-state index >= 15 is 0 Å². The molecule has 160 valence electrons. The van der Waals surface area contributed by atoms with Crippen LogP contribution in [-0.4, -0.2) is 16.9 Å². The molecule has 3 aromatic carbocycles. The van der Waals surface area contributed by atoms with Gasteiger partial charge in [-0.25, -0.2) is 0 Å². The van der Waals surface area contributed by atoms with E-state index < -0.39 is 0 Å². The number of thiocarbonyl (C=S) groups is 1. The Morgan fingerprint density at radius 2 is 1.72 bits per heavy atom. The number of carbonyl (C=O) groups is 2. The van der Waals surface area contributed by atoms with Crippen LogP contribution in [-0.2, 0) is 0 Å². The summed E-state index contributed by atoms with van der Waals surface area (Å²) in [6, 6.07) is 21.5. The van der Waals surface area contributed by atoms with Crippen LogP contribution >= 0.6 is 28.1 Å². The van der Waals surface area contributed by atoms with Crippen LogP contribution in [0.1, 0.15) is 26.5 Å². The van der Waals surface area contributed by atoms with Crippen LogP contribution in [0.25, 0.3) is 11.0 Å². The van der Waals surface area contributed by atoms with Crippen LogP contribution in [0.15, 0.2) is 81.7 Å². The van der Waals surface area contributed by atoms with Crippen molar-refractivity contribution in [3.8, 4) is 0 Å². The second-order valence-corrected chi connectivity index (χ2v) is 8.37. The van der Waals surface area contributed by atoms with E-state index in [4.69, 9.17) is 16.6 Å². The third kappa shape index (κ3) is 5.04. The van der Waals surface area contributed by atoms with Gasteiger partial charge in [0.15, 0.2) is 10.9 Å². The molecule has 4 rings (SSSR count). The Labute approximate surface area is 198 Å². The Morgan fingerprint density at radius 3 is 2.47 bits per heavy atom. The lowest BCUT2D eigenvalue weighted by Gasteiger charge is -2.12. The average molecular weight is 508 g/mol. The second kappa shape index (κ2) is 9.33. The molecule has 0 radical (unpaired) electrons. The van der Waals surface area contributed by atoms with Crippen molar-refractivity contribution in [2.45, 2.75) is 6.92 Å². The SMILES string of the molecule is Cc1cc(NC(=S)NC(=O)c2cccc(Br)c2)ccc1NC(=O)c1cc2ccccc2o1. The van der Waals surface area contributed by atoms with Gasteiger partial charge >= 0.3 is 0 Å². The number of anilines is 2. The molecule has 0 fully saturated rings. The Morgan fingerprint density at radius 1 is 0.906 bits per heavy atom. The van der Waals surface area contributed by atoms with Gasteiger partial charge in [0.1, 0.15) is 5.58 Å². The summed E-state index contributed by atoms with van der Waals surface area (Å²) in [5.41, 5.74) is 3.30. The lowest BCUT2D eigenvalue weighted by atomic mass is 10.1. The summed E-state index contributed by atoms with van der Waals surface area (Å²) >= 11 is 8.59. The van der Waals surface area contributed by atoms with Gasteiger partial charge in [-0.2, -0.15) is 0 Å². The number of hydrogen-bond acceptors (Lipinski definition) is 4. The van der Waals surface area contributed by atoms with Crippen LogP contribution in [0, 0.1) is 6.92 Å². The number of aryl methyl sites for hydroxylation is 1. The summed E-state index contributed by atoms with van der Waals surface area (Å²) in [5.74, 6) is -0.402. The molecule has 2 amide bonds. The molecule has 0 aliphatic rings. The number of para-hydroxylation sites is 1. The number of benzene rings is 3. The van der Waals surface area contributed by atoms with Gasteiger partial charge in [-0.15, -0.1) is 0 Å². The van der Waals surface area contributed by atoms with Crippen LogP contribution in [0.3, 0.4) is 0 Å². The molecule has 4 aromatic rings. The molecule has 0 saturated heterocycles. The molecule has 32 heavy (non-hydrogen) atoms. The van der Waals surface area contributed by atoms with Crippen molar-refractivity contribution in [3.63, 3.8) is 0 Å². The van der Waals surface area contributed by atoms with E-state index in [1.165, 1.54) is 0 Å². The van der Waals surface area contributed by atoms with Gasteiger partial charge in [0.05, 0.1) is 0 Å². The van der Waals surface area contributed by atoms with E-state index in [1.807, 2.05) is 43.3 Å². The second-order valence-electron chi connectivity index (χ2n) is 7.05. The Balaban J connectivity index is 1.39. The minimum atomic E-state index is -0.332. The molecule has 1 heterocycles. The highest BCUT2D eigenvalue weighted by molar-refractivity contribution is 9.10. The van der Waals surface area contributed by atoms with Gasteiger partial charge < -0.3 is 15.1 Å². The van der Waals surface area contributed by atoms with Crippen LogP contribution in [0.5, 0.6) is 0 Å². The first kappa shape index (κ1) is 21.7. The van der Waals surface area contributed by atoms with Gasteiger partial charge in [0.2, 0.25) is 0 Å². The lowest BCUT2D eigenvalue weighted by Crippen LogP contribution is -2.34. The number of amides is 2. The topological polar surface area (TPSA) is 83.4 Å². The zero-order valence-corrected chi connectivity index (χ0v) is 19.3. The number of carbonyl (C=O) groups excluding carboxylic acids is 2. The van der Waals surface area contributed by atoms with Gasteiger partial charge in [0.25, 0.3) is 11.8 Å². The van der Waals surface area contributed by atoms with Crippen LogP contribution in [0.4, 0.5) is 11.4 Å². The normalized spacial score (nSPS) is 10.6. The Kier molecular flexibility index (Phi) is 6.34. The number of fused-ring (bicyclic) bond motifs is 1. The molecule has 0 saturated carbocycles. The molecular formula is C24H18BrN3O3S. The summed E-state index contributed by atoms with van der Waals surface area (Å²) < 4.78 is 6.42. The molecule has 0 aliphatic carbocycles. The summed E-state index contributed by atoms with van der Waals surface area (Å²) in [6.45, 7) is 1.86. The zero-order chi connectivity index (χ0) is 22.7. The van der Waals surface area contributed by atoms with Gasteiger partial charge in [-0.1, -0.05) is 40.2 Å². The molecule has 3 N–H and O–H groups in total. The summed E-state index contributed by atoms with van der Waals surface area (Å²) in [6.07, 6.45) is 0. The molecule has 0 spiro atoms. The monoisotopic (exact) mass is 507 g/mol. The predicted octanol–water partition coefficient (Wildman–Crippen LogP) is 5.88. The van der Waals surface area contributed by atoms with E-state index in [-0.39, 0.29) is 22.7 Å². The fraction of sp³-hybridized carbons (Fsp3) is 0.0417. The molecule has 0 aliphatic heterocycles. The lowest BCUT2D eigenvalue weighted by molar-refractivity contribution is 0.0975. The number of nitrogens with one attached hydrogen (secondary N) is 3. The molecule has 0 atom stereocenters. The molecule has 8 heteroatoms. The quantitative estimate of drug-likeness (QED) is 0.300. The number of hydrogen-bond donors (Lipinski definition) is 3. The summed E-state index contributed by atoms with van der Waals surface area (Å²) in [7, 11) is 0. The van der Waals surface area contributed by atoms with Crippen molar-refractivity contribution in [2.75, 3.05) is 10.6 Å². The van der Waals surface area contributed by atoms with Gasteiger partial charge in [0, 0.05) is 26.8 Å². The van der Waals surface area contributed by atoms with E-state index in [0.717, 1.165) is 15.4 Å². The Bertz CT molecular complexity index is 1320. The van der Waals surface area contributed by atoms with E-state index in [0.29, 0.717) is 22.5 Å². The smallest absolute Gasteiger partial charge is 0.291 e. The maximum absolute atomic E-state index is 12.6. The van der Waals surface area contributed by atoms with Crippen molar-refractivity contribution in [1.82, 2.24) is 5.32 Å². The third-order valence-corrected chi connectivity index (χ3v) is 5.39. The fourth-order valence-corrected chi connectivity index (χ4v) is 3.74. The molecular weight excluding hydrogens is 490 g/mol. The minimum absolute atomic E-state index is 0.174. The summed E-state index contributed by atoms with van der Waals surface area (Å²) in [5, 5.41) is 9.54. The van der Waals surface area contributed by atoms with E-state index in [2.05, 4.69) is 31.9 Å². The molecule has 0 unspecified atom stereocenters. The average Bonchev–Trinajstić information content (AvgIpc) is 3.20. The first-order valence-electron chi connectivity index (χ1n) is 9.67. The number of rotatable bonds is 4. The van der Waals surface area contributed by atoms with Crippen LogP contribution < -0.4 is 16.0 Å². The number of halogens is 1. The van der Waals surface area contributed by atoms with Gasteiger partial charge in [-0.05, 0) is 73.2 Å². The van der Waals surface area contributed by atoms with Crippen molar-refractivity contribution < 1.29 is 14.0 Å². The van der Waals surface area contributed by atoms with E-state index in [1.54, 1.807) is 36.4 Å². The van der Waals surface area contributed by atoms with Crippen molar-refractivity contribution in [1.29, 1.82) is 0 Å². The highest BCUT2D eigenvalue weighted by Gasteiger charge is 2.14. The first-order valence-corrected chi connectivity index (χ1v) is 10.9. The number of furan rings is 1. The van der Waals surface area contributed by atoms with Crippen molar-refractivity contribution in [3.05, 3.63) is 94.2 Å². The zero-order valence-electron chi connectivity index (χ0n) is 16.9. The highest BCUT2D eigenvalue weighted by Crippen LogP contribution is 2.23. The van der Waals surface area contributed by atoms with Gasteiger partial charge in [-0.3, -0.25) is 14.9 Å². The third-order valence-electron chi connectivity index (χ3n) is 4.70. The minimum Gasteiger partial charge on any atom is -0.451 e. The fourth-order valence-electron chi connectivity index (χ4n) is 3.13. The predicted molar refractivity (Wildman–Crippen MR) is 133 cm³/mol. The molecule has 0 bridgehead atoms. The standard InChI is InChI=1S/C24H18BrN3O3S/c1-14-11-18(26-24(32)28-22(29)16-6-4-7-17(25)12-16)9-10-19(14)27-23(30)21-13-15-5-2-3-8-20(15)31-21/h2-13H,1H3,(H,27,30)(H2,26,28,29,32). The molecule has 6 nitrogen and oxygen atoms in total. The van der Waals surface area contributed by atoms with E-state index in [9.17, 15) is 9.59 Å². The maximum Gasteiger partial charge on any atom is 0.291 e. The van der Waals surface area contributed by atoms with Crippen LogP contribution in [0.2, 0.25) is 0 Å². The molecule has 1 aromatic heterocycles. The van der Waals surface area contributed by atoms with Crippen molar-refractivity contribution in [2.24, 2.45) is 0 Å². The largest absolute Gasteiger partial charge is 0.451 e. The van der Waals surface area contributed by atoms with Crippen molar-refractivity contribution >= 4 is 67.4 Å².